The number of hydrogen-bond donors (Lipinski definition) is 1. The van der Waals surface area contributed by atoms with Crippen LogP contribution in [0.3, 0.4) is 0 Å². The van der Waals surface area contributed by atoms with E-state index in [-0.39, 0.29) is 0 Å². The molecule has 0 amide bonds. The molecule has 0 heterocycles. The van der Waals surface area contributed by atoms with Gasteiger partial charge in [-0.1, -0.05) is 20.8 Å². The van der Waals surface area contributed by atoms with Crippen LogP contribution in [-0.4, -0.2) is 93.0 Å². The van der Waals surface area contributed by atoms with Gasteiger partial charge in [0.15, 0.2) is 0 Å². The van der Waals surface area contributed by atoms with Gasteiger partial charge in [0.05, 0.1) is 13.2 Å². The van der Waals surface area contributed by atoms with Crippen LogP contribution < -0.4 is 0 Å². The molecular weight excluding hydrogens is 270 g/mol. The first-order chi connectivity index (χ1) is 9.89. The first kappa shape index (κ1) is 20.8. The summed E-state index contributed by atoms with van der Waals surface area (Å²) in [6, 6.07) is 0. The molecule has 0 aromatic heterocycles. The number of nitrogens with zero attached hydrogens (tertiary/aromatic N) is 3. The Labute approximate surface area is 130 Å². The largest absolute Gasteiger partial charge is 0.350 e. The number of hydrogen-bond acceptors (Lipinski definition) is 6. The Kier molecular flexibility index (Phi) is 11.2. The number of aliphatic hydroxyl groups is 1. The molecule has 6 nitrogen and oxygen atoms in total. The highest BCUT2D eigenvalue weighted by molar-refractivity contribution is 4.56. The third kappa shape index (κ3) is 8.70. The van der Waals surface area contributed by atoms with Crippen LogP contribution in [-0.2, 0) is 9.47 Å². The van der Waals surface area contributed by atoms with Gasteiger partial charge in [-0.05, 0) is 47.2 Å². The minimum absolute atomic E-state index is 0.436. The summed E-state index contributed by atoms with van der Waals surface area (Å²) >= 11 is 0. The lowest BCUT2D eigenvalue weighted by Gasteiger charge is -2.34. The molecule has 128 valence electrons. The molecule has 0 saturated carbocycles. The maximum absolute atomic E-state index is 10.4. The predicted octanol–water partition coefficient (Wildman–Crippen LogP) is 0.868. The summed E-state index contributed by atoms with van der Waals surface area (Å²) in [6.45, 7) is 11.9. The zero-order valence-electron chi connectivity index (χ0n) is 14.8. The molecule has 0 aliphatic carbocycles. The van der Waals surface area contributed by atoms with Crippen molar-refractivity contribution in [1.82, 2.24) is 14.7 Å². The second-order valence-electron chi connectivity index (χ2n) is 5.42. The predicted molar refractivity (Wildman–Crippen MR) is 86.1 cm³/mol. The maximum Gasteiger partial charge on any atom is 0.350 e. The number of ether oxygens (including phenoxy) is 2. The van der Waals surface area contributed by atoms with E-state index in [1.807, 2.05) is 0 Å². The Bertz CT molecular complexity index is 250. The van der Waals surface area contributed by atoms with Gasteiger partial charge in [0, 0.05) is 13.1 Å². The first-order valence-corrected chi connectivity index (χ1v) is 7.98. The van der Waals surface area contributed by atoms with Gasteiger partial charge in [-0.25, -0.2) is 4.90 Å². The van der Waals surface area contributed by atoms with E-state index in [4.69, 9.17) is 9.47 Å². The standard InChI is InChI=1S/C15H35N3O3/c1-7-17(6)11-10-13-20-15(19,16(4)5)21-14-12-18(8-2)9-3/h19H,7-14H2,1-6H3. The lowest BCUT2D eigenvalue weighted by Crippen LogP contribution is -2.50. The van der Waals surface area contributed by atoms with E-state index in [2.05, 4.69) is 37.6 Å². The summed E-state index contributed by atoms with van der Waals surface area (Å²) in [4.78, 5) is 6.00. The van der Waals surface area contributed by atoms with Gasteiger partial charge in [-0.2, -0.15) is 0 Å². The van der Waals surface area contributed by atoms with E-state index in [0.717, 1.165) is 39.1 Å². The van der Waals surface area contributed by atoms with Crippen molar-refractivity contribution in [3.63, 3.8) is 0 Å². The monoisotopic (exact) mass is 305 g/mol. The van der Waals surface area contributed by atoms with E-state index in [9.17, 15) is 5.11 Å². The van der Waals surface area contributed by atoms with Crippen LogP contribution >= 0.6 is 0 Å². The molecule has 0 bridgehead atoms. The Morgan fingerprint density at radius 3 is 1.90 bits per heavy atom. The highest BCUT2D eigenvalue weighted by Crippen LogP contribution is 2.13. The van der Waals surface area contributed by atoms with Crippen molar-refractivity contribution in [2.45, 2.75) is 33.3 Å². The molecule has 0 aliphatic heterocycles. The molecule has 0 radical (unpaired) electrons. The lowest BCUT2D eigenvalue weighted by atomic mass is 10.4. The highest BCUT2D eigenvalue weighted by atomic mass is 16.8. The molecule has 0 rings (SSSR count). The average molecular weight is 305 g/mol. The second-order valence-corrected chi connectivity index (χ2v) is 5.42. The van der Waals surface area contributed by atoms with E-state index in [1.54, 1.807) is 19.0 Å². The Morgan fingerprint density at radius 2 is 1.43 bits per heavy atom. The second kappa shape index (κ2) is 11.3. The molecule has 0 fully saturated rings. The number of likely N-dealkylation sites (N-methyl/N-ethyl adjacent to an activating group) is 1. The maximum atomic E-state index is 10.4. The van der Waals surface area contributed by atoms with Crippen LogP contribution in [0.2, 0.25) is 0 Å². The molecule has 0 spiro atoms. The minimum Gasteiger partial charge on any atom is -0.330 e. The number of rotatable bonds is 13. The lowest BCUT2D eigenvalue weighted by molar-refractivity contribution is -0.422. The zero-order valence-corrected chi connectivity index (χ0v) is 14.8. The van der Waals surface area contributed by atoms with Crippen molar-refractivity contribution < 1.29 is 14.6 Å². The zero-order chi connectivity index (χ0) is 16.3. The summed E-state index contributed by atoms with van der Waals surface area (Å²) in [5.41, 5.74) is 0. The van der Waals surface area contributed by atoms with Gasteiger partial charge in [-0.15, -0.1) is 0 Å². The summed E-state index contributed by atoms with van der Waals surface area (Å²) in [7, 11) is 5.56. The molecule has 6 heteroatoms. The summed E-state index contributed by atoms with van der Waals surface area (Å²) in [5.74, 6) is 0. The third-order valence-electron chi connectivity index (χ3n) is 3.67. The topological polar surface area (TPSA) is 48.4 Å². The quantitative estimate of drug-likeness (QED) is 0.402. The molecule has 0 saturated heterocycles. The minimum atomic E-state index is -1.64. The normalized spacial score (nSPS) is 15.1. The highest BCUT2D eigenvalue weighted by Gasteiger charge is 2.32. The van der Waals surface area contributed by atoms with Crippen molar-refractivity contribution in [1.29, 1.82) is 0 Å². The average Bonchev–Trinajstić information content (AvgIpc) is 2.47. The Hall–Kier alpha value is -0.240. The van der Waals surface area contributed by atoms with Crippen LogP contribution in [0.1, 0.15) is 27.2 Å². The van der Waals surface area contributed by atoms with Crippen LogP contribution in [0.15, 0.2) is 0 Å². The molecule has 0 aliphatic rings. The van der Waals surface area contributed by atoms with E-state index in [0.29, 0.717) is 13.2 Å². The van der Waals surface area contributed by atoms with E-state index >= 15 is 0 Å². The Balaban J connectivity index is 4.11. The molecule has 1 atom stereocenters. The van der Waals surface area contributed by atoms with Crippen molar-refractivity contribution in [2.75, 3.05) is 67.1 Å². The van der Waals surface area contributed by atoms with Crippen LogP contribution in [0.25, 0.3) is 0 Å². The van der Waals surface area contributed by atoms with Crippen LogP contribution in [0.5, 0.6) is 0 Å². The first-order valence-electron chi connectivity index (χ1n) is 7.98. The van der Waals surface area contributed by atoms with Gasteiger partial charge < -0.3 is 24.4 Å². The van der Waals surface area contributed by atoms with Gasteiger partial charge in [0.1, 0.15) is 0 Å². The van der Waals surface area contributed by atoms with Crippen LogP contribution in [0, 0.1) is 0 Å². The molecule has 21 heavy (non-hydrogen) atoms. The SMILES string of the molecule is CCN(C)CCCOC(O)(OCCN(CC)CC)N(C)C. The van der Waals surface area contributed by atoms with Crippen molar-refractivity contribution in [2.24, 2.45) is 0 Å². The summed E-state index contributed by atoms with van der Waals surface area (Å²) in [5, 5.41) is 10.4. The molecule has 0 aromatic rings. The molecule has 1 unspecified atom stereocenters. The fraction of sp³-hybridized carbons (Fsp3) is 1.00. The van der Waals surface area contributed by atoms with Crippen molar-refractivity contribution in [3.05, 3.63) is 0 Å². The van der Waals surface area contributed by atoms with Gasteiger partial charge in [0.25, 0.3) is 0 Å². The van der Waals surface area contributed by atoms with E-state index < -0.39 is 6.10 Å². The van der Waals surface area contributed by atoms with Gasteiger partial charge in [-0.3, -0.25) is 0 Å². The Morgan fingerprint density at radius 1 is 0.857 bits per heavy atom. The fourth-order valence-electron chi connectivity index (χ4n) is 1.85. The van der Waals surface area contributed by atoms with E-state index in [1.165, 1.54) is 0 Å². The van der Waals surface area contributed by atoms with Gasteiger partial charge in [0.2, 0.25) is 0 Å². The summed E-state index contributed by atoms with van der Waals surface area (Å²) in [6.07, 6.45) is -0.780. The molecule has 1 N–H and O–H groups in total. The smallest absolute Gasteiger partial charge is 0.330 e. The molecule has 0 aromatic carbocycles. The fourth-order valence-corrected chi connectivity index (χ4v) is 1.85. The van der Waals surface area contributed by atoms with Crippen LogP contribution in [0.4, 0.5) is 0 Å². The van der Waals surface area contributed by atoms with Crippen molar-refractivity contribution >= 4 is 0 Å². The van der Waals surface area contributed by atoms with Gasteiger partial charge >= 0.3 is 6.10 Å². The summed E-state index contributed by atoms with van der Waals surface area (Å²) < 4.78 is 11.1. The van der Waals surface area contributed by atoms with Crippen molar-refractivity contribution in [3.8, 4) is 0 Å². The third-order valence-corrected chi connectivity index (χ3v) is 3.67. The molecular formula is C15H35N3O3.